The summed E-state index contributed by atoms with van der Waals surface area (Å²) in [4.78, 5) is 16.8. The predicted molar refractivity (Wildman–Crippen MR) is 84.5 cm³/mol. The van der Waals surface area contributed by atoms with Crippen molar-refractivity contribution in [2.24, 2.45) is 12.0 Å². The second-order valence-corrected chi connectivity index (χ2v) is 5.75. The van der Waals surface area contributed by atoms with Crippen LogP contribution in [0.3, 0.4) is 0 Å². The number of carbonyl (C=O) groups is 1. The fraction of sp³-hybridized carbons (Fsp3) is 0.333. The molecule has 1 aliphatic heterocycles. The van der Waals surface area contributed by atoms with Gasteiger partial charge in [-0.1, -0.05) is 11.3 Å². The van der Waals surface area contributed by atoms with E-state index in [4.69, 9.17) is 18.9 Å². The van der Waals surface area contributed by atoms with Gasteiger partial charge in [-0.15, -0.1) is 0 Å². The number of hydrogen-bond acceptors (Lipinski definition) is 6. The summed E-state index contributed by atoms with van der Waals surface area (Å²) in [6.45, 7) is 0.779. The number of rotatable bonds is 3. The molecule has 8 heteroatoms. The van der Waals surface area contributed by atoms with E-state index in [0.717, 1.165) is 10.2 Å². The molecule has 7 nitrogen and oxygen atoms in total. The molecule has 0 aliphatic carbocycles. The summed E-state index contributed by atoms with van der Waals surface area (Å²) in [6, 6.07) is 3.67. The van der Waals surface area contributed by atoms with Gasteiger partial charge in [-0.3, -0.25) is 4.79 Å². The molecule has 1 amide bonds. The van der Waals surface area contributed by atoms with Gasteiger partial charge in [-0.25, -0.2) is 0 Å². The Morgan fingerprint density at radius 3 is 2.78 bits per heavy atom. The molecule has 0 atom stereocenters. The van der Waals surface area contributed by atoms with Crippen molar-refractivity contribution in [1.29, 1.82) is 0 Å². The van der Waals surface area contributed by atoms with Crippen LogP contribution in [0.15, 0.2) is 29.1 Å². The first-order valence-corrected chi connectivity index (χ1v) is 7.71. The van der Waals surface area contributed by atoms with E-state index in [1.54, 1.807) is 24.9 Å². The Labute approximate surface area is 136 Å². The fourth-order valence-electron chi connectivity index (χ4n) is 2.22. The highest BCUT2D eigenvalue weighted by Crippen LogP contribution is 2.32. The molecule has 0 N–H and O–H groups in total. The minimum Gasteiger partial charge on any atom is -0.497 e. The van der Waals surface area contributed by atoms with Crippen LogP contribution in [0.2, 0.25) is 0 Å². The van der Waals surface area contributed by atoms with Crippen LogP contribution in [0, 0.1) is 0 Å². The maximum absolute atomic E-state index is 12.2. The lowest BCUT2D eigenvalue weighted by molar-refractivity contribution is -0.119. The van der Waals surface area contributed by atoms with E-state index < -0.39 is 5.91 Å². The van der Waals surface area contributed by atoms with Gasteiger partial charge in [0.1, 0.15) is 36.5 Å². The average Bonchev–Trinajstić information content (AvgIpc) is 2.90. The Morgan fingerprint density at radius 1 is 1.30 bits per heavy atom. The number of aryl methyl sites for hydroxylation is 1. The fourth-order valence-corrected chi connectivity index (χ4v) is 3.29. The van der Waals surface area contributed by atoms with E-state index >= 15 is 0 Å². The number of ether oxygens (including phenoxy) is 4. The first-order chi connectivity index (χ1) is 11.1. The van der Waals surface area contributed by atoms with E-state index in [2.05, 4.69) is 4.99 Å². The lowest BCUT2D eigenvalue weighted by Crippen LogP contribution is -2.18. The van der Waals surface area contributed by atoms with Crippen molar-refractivity contribution in [3.8, 4) is 11.5 Å². The molecular formula is C15H16N2O5S. The van der Waals surface area contributed by atoms with Crippen LogP contribution in [0.4, 0.5) is 0 Å². The summed E-state index contributed by atoms with van der Waals surface area (Å²) in [5.74, 6) is 0.973. The molecule has 0 saturated carbocycles. The van der Waals surface area contributed by atoms with E-state index in [0.29, 0.717) is 29.5 Å². The number of hydrogen-bond donors (Lipinski definition) is 0. The van der Waals surface area contributed by atoms with Crippen LogP contribution in [-0.2, 0) is 21.3 Å². The van der Waals surface area contributed by atoms with Gasteiger partial charge < -0.3 is 23.5 Å². The Morgan fingerprint density at radius 2 is 2.13 bits per heavy atom. The van der Waals surface area contributed by atoms with Gasteiger partial charge in [0.15, 0.2) is 4.80 Å². The standard InChI is InChI=1S/C15H16N2O5S/c1-17-13-10(20-3)6-9(19-2)7-12(13)23-15(17)16-14(18)11-8-21-4-5-22-11/h6-8H,4-5H2,1-3H3. The summed E-state index contributed by atoms with van der Waals surface area (Å²) in [5, 5.41) is 0. The van der Waals surface area contributed by atoms with Gasteiger partial charge in [0.05, 0.1) is 18.9 Å². The van der Waals surface area contributed by atoms with Crippen molar-refractivity contribution in [2.75, 3.05) is 27.4 Å². The summed E-state index contributed by atoms with van der Waals surface area (Å²) < 4.78 is 23.7. The maximum Gasteiger partial charge on any atom is 0.317 e. The number of benzene rings is 1. The summed E-state index contributed by atoms with van der Waals surface area (Å²) >= 11 is 1.37. The van der Waals surface area contributed by atoms with Crippen molar-refractivity contribution in [3.05, 3.63) is 29.0 Å². The number of carbonyl (C=O) groups excluding carboxylic acids is 1. The van der Waals surface area contributed by atoms with Crippen molar-refractivity contribution in [2.45, 2.75) is 0 Å². The largest absolute Gasteiger partial charge is 0.497 e. The molecule has 0 fully saturated rings. The van der Waals surface area contributed by atoms with Crippen molar-refractivity contribution < 1.29 is 23.7 Å². The molecule has 3 rings (SSSR count). The van der Waals surface area contributed by atoms with Crippen LogP contribution < -0.4 is 14.3 Å². The highest BCUT2D eigenvalue weighted by Gasteiger charge is 2.16. The van der Waals surface area contributed by atoms with E-state index in [1.807, 2.05) is 13.1 Å². The molecular weight excluding hydrogens is 320 g/mol. The maximum atomic E-state index is 12.2. The summed E-state index contributed by atoms with van der Waals surface area (Å²) in [7, 11) is 5.01. The summed E-state index contributed by atoms with van der Waals surface area (Å²) in [6.07, 6.45) is 1.30. The number of nitrogens with zero attached hydrogens (tertiary/aromatic N) is 2. The van der Waals surface area contributed by atoms with E-state index in [-0.39, 0.29) is 5.76 Å². The monoisotopic (exact) mass is 336 g/mol. The SMILES string of the molecule is COc1cc(OC)c2c(c1)sc(=NC(=O)C1=COCCO1)n2C. The lowest BCUT2D eigenvalue weighted by Gasteiger charge is -2.12. The third-order valence-corrected chi connectivity index (χ3v) is 4.43. The zero-order valence-corrected chi connectivity index (χ0v) is 13.8. The third kappa shape index (κ3) is 2.89. The van der Waals surface area contributed by atoms with Crippen molar-refractivity contribution in [1.82, 2.24) is 4.57 Å². The Balaban J connectivity index is 2.11. The molecule has 0 radical (unpaired) electrons. The number of thiazole rings is 1. The molecule has 1 aromatic carbocycles. The van der Waals surface area contributed by atoms with E-state index in [9.17, 15) is 4.79 Å². The Hall–Kier alpha value is -2.48. The first-order valence-electron chi connectivity index (χ1n) is 6.89. The van der Waals surface area contributed by atoms with Gasteiger partial charge in [-0.05, 0) is 6.07 Å². The Bertz CT molecular complexity index is 849. The van der Waals surface area contributed by atoms with Crippen molar-refractivity contribution in [3.63, 3.8) is 0 Å². The molecule has 23 heavy (non-hydrogen) atoms. The minimum atomic E-state index is -0.474. The number of amides is 1. The predicted octanol–water partition coefficient (Wildman–Crippen LogP) is 1.57. The summed E-state index contributed by atoms with van der Waals surface area (Å²) in [5.41, 5.74) is 0.847. The second kappa shape index (κ2) is 6.33. The zero-order valence-electron chi connectivity index (χ0n) is 13.0. The average molecular weight is 336 g/mol. The molecule has 1 aromatic heterocycles. The topological polar surface area (TPSA) is 71.3 Å². The van der Waals surface area contributed by atoms with Crippen LogP contribution >= 0.6 is 11.3 Å². The van der Waals surface area contributed by atoms with Gasteiger partial charge in [0.2, 0.25) is 5.76 Å². The number of fused-ring (bicyclic) bond motifs is 1. The van der Waals surface area contributed by atoms with E-state index in [1.165, 1.54) is 17.6 Å². The lowest BCUT2D eigenvalue weighted by atomic mass is 10.3. The van der Waals surface area contributed by atoms with Crippen LogP contribution in [0.25, 0.3) is 10.2 Å². The van der Waals surface area contributed by atoms with Gasteiger partial charge in [0.25, 0.3) is 0 Å². The number of aromatic nitrogens is 1. The second-order valence-electron chi connectivity index (χ2n) is 4.74. The van der Waals surface area contributed by atoms with Crippen LogP contribution in [0.1, 0.15) is 0 Å². The molecule has 0 unspecified atom stereocenters. The molecule has 0 saturated heterocycles. The molecule has 0 spiro atoms. The molecule has 1 aliphatic rings. The van der Waals surface area contributed by atoms with Gasteiger partial charge in [-0.2, -0.15) is 4.99 Å². The van der Waals surface area contributed by atoms with Crippen LogP contribution in [-0.4, -0.2) is 37.9 Å². The van der Waals surface area contributed by atoms with Crippen molar-refractivity contribution >= 4 is 27.5 Å². The highest BCUT2D eigenvalue weighted by atomic mass is 32.1. The zero-order chi connectivity index (χ0) is 16.4. The normalized spacial score (nSPS) is 14.9. The molecule has 2 heterocycles. The third-order valence-electron chi connectivity index (χ3n) is 3.35. The minimum absolute atomic E-state index is 0.109. The first kappa shape index (κ1) is 15.4. The number of methoxy groups -OCH3 is 2. The van der Waals surface area contributed by atoms with Gasteiger partial charge in [0, 0.05) is 13.1 Å². The molecule has 122 valence electrons. The smallest absolute Gasteiger partial charge is 0.317 e. The highest BCUT2D eigenvalue weighted by molar-refractivity contribution is 7.16. The molecule has 0 bridgehead atoms. The molecule has 2 aromatic rings. The Kier molecular flexibility index (Phi) is 4.24. The van der Waals surface area contributed by atoms with Crippen LogP contribution in [0.5, 0.6) is 11.5 Å². The van der Waals surface area contributed by atoms with Gasteiger partial charge >= 0.3 is 5.91 Å². The quantitative estimate of drug-likeness (QED) is 0.851.